The first-order valence-electron chi connectivity index (χ1n) is 13.3. The molecule has 2 heterocycles. The van der Waals surface area contributed by atoms with E-state index in [4.69, 9.17) is 9.57 Å². The van der Waals surface area contributed by atoms with Crippen LogP contribution in [-0.2, 0) is 21.0 Å². The SMILES string of the molecule is CC(C)(C)OC(=O)C(CCCCNOCc1ccccc1)Nc1nnc(NC(=O)c2ccc3cccnc3c2O)s1. The van der Waals surface area contributed by atoms with Crippen LogP contribution in [0.2, 0.25) is 0 Å². The summed E-state index contributed by atoms with van der Waals surface area (Å²) < 4.78 is 5.61. The standard InChI is InChI=1S/C29H34N6O5S/c1-29(2,3)40-26(38)22(13-7-8-17-31-39-18-19-10-5-4-6-11-19)32-27-34-35-28(41-27)33-25(37)21-15-14-20-12-9-16-30-23(20)24(21)36/h4-6,9-12,14-16,22,31,36H,7-8,13,17-18H2,1-3H3,(H,32,34)(H,33,35,37). The second-order valence-electron chi connectivity index (χ2n) is 10.3. The molecule has 1 atom stereocenters. The molecule has 0 aliphatic rings. The van der Waals surface area contributed by atoms with Crippen molar-refractivity contribution in [2.24, 2.45) is 0 Å². The van der Waals surface area contributed by atoms with Crippen molar-refractivity contribution < 1.29 is 24.3 Å². The van der Waals surface area contributed by atoms with E-state index < -0.39 is 23.5 Å². The lowest BCUT2D eigenvalue weighted by atomic mass is 10.1. The Morgan fingerprint density at radius 1 is 1.00 bits per heavy atom. The Hall–Kier alpha value is -4.13. The number of ether oxygens (including phenoxy) is 1. The molecule has 41 heavy (non-hydrogen) atoms. The fraction of sp³-hybridized carbons (Fsp3) is 0.345. The van der Waals surface area contributed by atoms with Gasteiger partial charge >= 0.3 is 5.97 Å². The summed E-state index contributed by atoms with van der Waals surface area (Å²) in [5.41, 5.74) is 3.77. The number of nitrogens with one attached hydrogen (secondary N) is 3. The van der Waals surface area contributed by atoms with Gasteiger partial charge in [0.2, 0.25) is 10.3 Å². The van der Waals surface area contributed by atoms with E-state index in [-0.39, 0.29) is 16.4 Å². The minimum atomic E-state index is -0.661. The van der Waals surface area contributed by atoms with Crippen molar-refractivity contribution >= 4 is 44.4 Å². The summed E-state index contributed by atoms with van der Waals surface area (Å²) in [6, 6.07) is 16.0. The molecule has 4 rings (SSSR count). The molecule has 4 N–H and O–H groups in total. The fourth-order valence-corrected chi connectivity index (χ4v) is 4.60. The number of hydroxylamine groups is 1. The number of benzene rings is 2. The molecule has 0 radical (unpaired) electrons. The van der Waals surface area contributed by atoms with E-state index in [1.807, 2.05) is 51.1 Å². The predicted octanol–water partition coefficient (Wildman–Crippen LogP) is 5.06. The quantitative estimate of drug-likeness (QED) is 0.0964. The van der Waals surface area contributed by atoms with Crippen molar-refractivity contribution in [3.05, 3.63) is 71.9 Å². The number of phenolic OH excluding ortho intramolecular Hbond substituents is 1. The van der Waals surface area contributed by atoms with Gasteiger partial charge < -0.3 is 15.2 Å². The summed E-state index contributed by atoms with van der Waals surface area (Å²) in [5, 5.41) is 25.7. The molecule has 11 nitrogen and oxygen atoms in total. The van der Waals surface area contributed by atoms with Crippen LogP contribution in [0.4, 0.5) is 10.3 Å². The molecule has 4 aromatic rings. The van der Waals surface area contributed by atoms with Gasteiger partial charge in [0.25, 0.3) is 5.91 Å². The first-order valence-corrected chi connectivity index (χ1v) is 14.1. The van der Waals surface area contributed by atoms with E-state index in [1.165, 1.54) is 6.07 Å². The molecule has 0 aliphatic carbocycles. The van der Waals surface area contributed by atoms with Gasteiger partial charge in [0.15, 0.2) is 5.75 Å². The minimum absolute atomic E-state index is 0.0638. The van der Waals surface area contributed by atoms with Crippen molar-refractivity contribution in [2.75, 3.05) is 17.2 Å². The number of hydrogen-bond acceptors (Lipinski definition) is 11. The van der Waals surface area contributed by atoms with Gasteiger partial charge in [0.05, 0.1) is 12.2 Å². The second-order valence-corrected chi connectivity index (χ2v) is 11.3. The third-order valence-corrected chi connectivity index (χ3v) is 6.60. The molecule has 1 unspecified atom stereocenters. The lowest BCUT2D eigenvalue weighted by Gasteiger charge is -2.24. The molecule has 0 spiro atoms. The molecule has 0 bridgehead atoms. The van der Waals surface area contributed by atoms with Gasteiger partial charge in [-0.2, -0.15) is 0 Å². The number of amides is 1. The lowest BCUT2D eigenvalue weighted by Crippen LogP contribution is -2.36. The number of unbranched alkanes of at least 4 members (excludes halogenated alkanes) is 1. The normalized spacial score (nSPS) is 12.2. The third-order valence-electron chi connectivity index (χ3n) is 5.83. The van der Waals surface area contributed by atoms with Gasteiger partial charge in [-0.15, -0.1) is 10.2 Å². The number of anilines is 2. The number of aromatic hydroxyl groups is 1. The summed E-state index contributed by atoms with van der Waals surface area (Å²) >= 11 is 1.07. The predicted molar refractivity (Wildman–Crippen MR) is 158 cm³/mol. The Morgan fingerprint density at radius 2 is 1.78 bits per heavy atom. The molecule has 2 aromatic carbocycles. The third kappa shape index (κ3) is 8.93. The highest BCUT2D eigenvalue weighted by molar-refractivity contribution is 7.19. The molecule has 0 saturated carbocycles. The van der Waals surface area contributed by atoms with E-state index in [1.54, 1.807) is 24.4 Å². The van der Waals surface area contributed by atoms with Crippen LogP contribution in [0.5, 0.6) is 5.75 Å². The number of fused-ring (bicyclic) bond motifs is 1. The fourth-order valence-electron chi connectivity index (χ4n) is 3.91. The van der Waals surface area contributed by atoms with Crippen molar-refractivity contribution in [3.63, 3.8) is 0 Å². The Kier molecular flexibility index (Phi) is 10.2. The Balaban J connectivity index is 1.31. The summed E-state index contributed by atoms with van der Waals surface area (Å²) in [4.78, 5) is 35.4. The average molecular weight is 579 g/mol. The maximum atomic E-state index is 12.9. The van der Waals surface area contributed by atoms with Crippen LogP contribution >= 0.6 is 11.3 Å². The summed E-state index contributed by atoms with van der Waals surface area (Å²) in [6.45, 7) is 6.53. The number of aromatic nitrogens is 3. The van der Waals surface area contributed by atoms with E-state index >= 15 is 0 Å². The van der Waals surface area contributed by atoms with E-state index in [0.29, 0.717) is 35.6 Å². The van der Waals surface area contributed by atoms with Crippen LogP contribution < -0.4 is 16.1 Å². The van der Waals surface area contributed by atoms with Crippen molar-refractivity contribution in [1.82, 2.24) is 20.7 Å². The van der Waals surface area contributed by atoms with Crippen molar-refractivity contribution in [1.29, 1.82) is 0 Å². The van der Waals surface area contributed by atoms with Crippen LogP contribution in [0.1, 0.15) is 56.0 Å². The number of nitrogens with zero attached hydrogens (tertiary/aromatic N) is 3. The van der Waals surface area contributed by atoms with E-state index in [2.05, 4.69) is 31.3 Å². The zero-order valence-corrected chi connectivity index (χ0v) is 24.0. The van der Waals surface area contributed by atoms with Gasteiger partial charge in [0, 0.05) is 18.1 Å². The maximum Gasteiger partial charge on any atom is 0.329 e. The smallest absolute Gasteiger partial charge is 0.329 e. The molecule has 1 amide bonds. The average Bonchev–Trinajstić information content (AvgIpc) is 3.38. The number of rotatable bonds is 13. The second kappa shape index (κ2) is 14.0. The number of pyridine rings is 1. The Morgan fingerprint density at radius 3 is 2.56 bits per heavy atom. The monoisotopic (exact) mass is 578 g/mol. The summed E-state index contributed by atoms with van der Waals surface area (Å²) in [7, 11) is 0. The molecule has 216 valence electrons. The summed E-state index contributed by atoms with van der Waals surface area (Å²) in [5.74, 6) is -1.17. The van der Waals surface area contributed by atoms with Gasteiger partial charge in [-0.3, -0.25) is 19.9 Å². The van der Waals surface area contributed by atoms with Crippen molar-refractivity contribution in [3.8, 4) is 5.75 Å². The molecule has 0 aliphatic heterocycles. The molecule has 12 heteroatoms. The molecule has 0 saturated heterocycles. The largest absolute Gasteiger partial charge is 0.505 e. The Bertz CT molecular complexity index is 1460. The zero-order chi connectivity index (χ0) is 29.2. The van der Waals surface area contributed by atoms with Crippen LogP contribution in [0.15, 0.2) is 60.8 Å². The maximum absolute atomic E-state index is 12.9. The molecule has 0 fully saturated rings. The highest BCUT2D eigenvalue weighted by Gasteiger charge is 2.26. The molecular weight excluding hydrogens is 544 g/mol. The minimum Gasteiger partial charge on any atom is -0.505 e. The highest BCUT2D eigenvalue weighted by Crippen LogP contribution is 2.29. The Labute approximate surface area is 242 Å². The lowest BCUT2D eigenvalue weighted by molar-refractivity contribution is -0.156. The van der Waals surface area contributed by atoms with E-state index in [0.717, 1.165) is 29.7 Å². The van der Waals surface area contributed by atoms with Gasteiger partial charge in [-0.25, -0.2) is 10.3 Å². The summed E-state index contributed by atoms with van der Waals surface area (Å²) in [6.07, 6.45) is 3.53. The van der Waals surface area contributed by atoms with Crippen LogP contribution in [-0.4, -0.2) is 50.4 Å². The van der Waals surface area contributed by atoms with Crippen LogP contribution in [0, 0.1) is 0 Å². The topological polar surface area (TPSA) is 148 Å². The number of esters is 1. The van der Waals surface area contributed by atoms with Gasteiger partial charge in [-0.1, -0.05) is 53.8 Å². The van der Waals surface area contributed by atoms with Crippen LogP contribution in [0.3, 0.4) is 0 Å². The van der Waals surface area contributed by atoms with Crippen LogP contribution in [0.25, 0.3) is 10.9 Å². The van der Waals surface area contributed by atoms with Gasteiger partial charge in [-0.05, 0) is 57.7 Å². The highest BCUT2D eigenvalue weighted by atomic mass is 32.1. The van der Waals surface area contributed by atoms with Crippen molar-refractivity contribution in [2.45, 2.75) is 58.3 Å². The number of carbonyl (C=O) groups excluding carboxylic acids is 2. The zero-order valence-electron chi connectivity index (χ0n) is 23.2. The first kappa shape index (κ1) is 29.8. The number of carbonyl (C=O) groups is 2. The number of hydrogen-bond donors (Lipinski definition) is 4. The molecule has 2 aromatic heterocycles. The van der Waals surface area contributed by atoms with E-state index in [9.17, 15) is 14.7 Å². The first-order chi connectivity index (χ1) is 19.7. The number of phenols is 1. The van der Waals surface area contributed by atoms with Gasteiger partial charge in [0.1, 0.15) is 17.2 Å². The molecular formula is C29H34N6O5S.